The van der Waals surface area contributed by atoms with E-state index in [1.807, 2.05) is 14.0 Å². The van der Waals surface area contributed by atoms with Gasteiger partial charge in [-0.1, -0.05) is 0 Å². The van der Waals surface area contributed by atoms with Gasteiger partial charge in [-0.25, -0.2) is 0 Å². The molecule has 17 heavy (non-hydrogen) atoms. The predicted octanol–water partition coefficient (Wildman–Crippen LogP) is 1.06. The maximum atomic E-state index is 9.83. The van der Waals surface area contributed by atoms with Gasteiger partial charge < -0.3 is 14.6 Å². The average molecular weight is 307 g/mol. The van der Waals surface area contributed by atoms with E-state index >= 15 is 0 Å². The first-order valence-electron chi connectivity index (χ1n) is 5.49. The zero-order valence-corrected chi connectivity index (χ0v) is 12.0. The van der Waals surface area contributed by atoms with Gasteiger partial charge in [0.25, 0.3) is 0 Å². The Morgan fingerprint density at radius 2 is 2.18 bits per heavy atom. The Kier molecular flexibility index (Phi) is 6.11. The smallest absolute Gasteiger partial charge is 0.0829 e. The second-order valence-electron chi connectivity index (χ2n) is 3.90. The van der Waals surface area contributed by atoms with Crippen LogP contribution in [0.4, 0.5) is 0 Å². The summed E-state index contributed by atoms with van der Waals surface area (Å²) in [6.45, 7) is 3.27. The van der Waals surface area contributed by atoms with Gasteiger partial charge in [0.2, 0.25) is 0 Å². The highest BCUT2D eigenvalue weighted by Crippen LogP contribution is 2.21. The molecule has 5 nitrogen and oxygen atoms in total. The summed E-state index contributed by atoms with van der Waals surface area (Å²) >= 11 is 3.47. The highest BCUT2D eigenvalue weighted by molar-refractivity contribution is 9.10. The number of aliphatic hydroxyl groups is 1. The second kappa shape index (κ2) is 7.10. The molecule has 0 bridgehead atoms. The molecule has 0 aromatic carbocycles. The van der Waals surface area contributed by atoms with Gasteiger partial charge in [-0.15, -0.1) is 0 Å². The molecule has 0 saturated carbocycles. The Balaban J connectivity index is 2.42. The molecule has 0 aliphatic carbocycles. The fourth-order valence-corrected chi connectivity index (χ4v) is 2.04. The van der Waals surface area contributed by atoms with Crippen LogP contribution < -0.4 is 0 Å². The average Bonchev–Trinajstić information content (AvgIpc) is 2.52. The fourth-order valence-electron chi connectivity index (χ4n) is 1.55. The molecule has 1 unspecified atom stereocenters. The van der Waals surface area contributed by atoms with Crippen LogP contribution in [-0.2, 0) is 22.9 Å². The largest absolute Gasteiger partial charge is 0.390 e. The lowest BCUT2D eigenvalue weighted by Crippen LogP contribution is -2.21. The molecule has 6 heteroatoms. The van der Waals surface area contributed by atoms with Crippen molar-refractivity contribution in [3.63, 3.8) is 0 Å². The summed E-state index contributed by atoms with van der Waals surface area (Å²) < 4.78 is 12.9. The molecule has 98 valence electrons. The number of hydrogen-bond acceptors (Lipinski definition) is 4. The third-order valence-corrected chi connectivity index (χ3v) is 3.46. The van der Waals surface area contributed by atoms with E-state index < -0.39 is 6.10 Å². The number of methoxy groups -OCH3 is 1. The van der Waals surface area contributed by atoms with Gasteiger partial charge in [0.05, 0.1) is 41.8 Å². The number of hydrogen-bond donors (Lipinski definition) is 1. The van der Waals surface area contributed by atoms with Crippen molar-refractivity contribution in [2.75, 3.05) is 26.9 Å². The molecule has 1 rings (SSSR count). The van der Waals surface area contributed by atoms with Crippen molar-refractivity contribution in [2.24, 2.45) is 7.05 Å². The molecular weight excluding hydrogens is 288 g/mol. The summed E-state index contributed by atoms with van der Waals surface area (Å²) in [5.41, 5.74) is 1.90. The minimum atomic E-state index is -0.530. The Labute approximate surface area is 110 Å². The quantitative estimate of drug-likeness (QED) is 0.765. The zero-order chi connectivity index (χ0) is 12.8. The SMILES string of the molecule is COCCOCC(O)Cc1c(Br)c(C)nn1C. The topological polar surface area (TPSA) is 56.5 Å². The molecular formula is C11H19BrN2O3. The first-order chi connectivity index (χ1) is 8.06. The van der Waals surface area contributed by atoms with E-state index in [9.17, 15) is 5.11 Å². The van der Waals surface area contributed by atoms with Crippen molar-refractivity contribution in [1.29, 1.82) is 0 Å². The Morgan fingerprint density at radius 3 is 2.71 bits per heavy atom. The molecule has 0 aliphatic rings. The normalized spacial score (nSPS) is 13.0. The summed E-state index contributed by atoms with van der Waals surface area (Å²) in [4.78, 5) is 0. The van der Waals surface area contributed by atoms with E-state index in [1.165, 1.54) is 0 Å². The molecule has 0 fully saturated rings. The van der Waals surface area contributed by atoms with Crippen molar-refractivity contribution in [3.05, 3.63) is 15.9 Å². The minimum absolute atomic E-state index is 0.306. The molecule has 1 N–H and O–H groups in total. The molecule has 1 aromatic heterocycles. The highest BCUT2D eigenvalue weighted by atomic mass is 79.9. The molecule has 0 saturated heterocycles. The van der Waals surface area contributed by atoms with Gasteiger partial charge in [-0.05, 0) is 22.9 Å². The molecule has 1 aromatic rings. The number of aromatic nitrogens is 2. The highest BCUT2D eigenvalue weighted by Gasteiger charge is 2.15. The maximum Gasteiger partial charge on any atom is 0.0829 e. The van der Waals surface area contributed by atoms with Gasteiger partial charge >= 0.3 is 0 Å². The number of nitrogens with zero attached hydrogens (tertiary/aromatic N) is 2. The molecule has 0 spiro atoms. The van der Waals surface area contributed by atoms with Gasteiger partial charge in [0.15, 0.2) is 0 Å². The molecule has 0 radical (unpaired) electrons. The molecule has 0 amide bonds. The molecule has 1 heterocycles. The van der Waals surface area contributed by atoms with Crippen LogP contribution in [0.5, 0.6) is 0 Å². The van der Waals surface area contributed by atoms with E-state index in [2.05, 4.69) is 21.0 Å². The first kappa shape index (κ1) is 14.6. The second-order valence-corrected chi connectivity index (χ2v) is 4.69. The number of rotatable bonds is 7. The lowest BCUT2D eigenvalue weighted by molar-refractivity contribution is 0.0130. The standard InChI is InChI=1S/C11H19BrN2O3/c1-8-11(12)10(14(2)13-8)6-9(15)7-17-5-4-16-3/h9,15H,4-7H2,1-3H3. The predicted molar refractivity (Wildman–Crippen MR) is 68.1 cm³/mol. The van der Waals surface area contributed by atoms with E-state index in [0.29, 0.717) is 26.2 Å². The summed E-state index contributed by atoms with van der Waals surface area (Å²) in [5.74, 6) is 0. The number of ether oxygens (including phenoxy) is 2. The van der Waals surface area contributed by atoms with Crippen LogP contribution in [-0.4, -0.2) is 47.9 Å². The van der Waals surface area contributed by atoms with E-state index in [4.69, 9.17) is 9.47 Å². The minimum Gasteiger partial charge on any atom is -0.390 e. The van der Waals surface area contributed by atoms with Gasteiger partial charge in [-0.3, -0.25) is 4.68 Å². The Morgan fingerprint density at radius 1 is 1.47 bits per heavy atom. The molecule has 0 aliphatic heterocycles. The van der Waals surface area contributed by atoms with Gasteiger partial charge in [0.1, 0.15) is 0 Å². The van der Waals surface area contributed by atoms with Crippen molar-refractivity contribution < 1.29 is 14.6 Å². The Hall–Kier alpha value is -0.430. The van der Waals surface area contributed by atoms with Crippen molar-refractivity contribution in [2.45, 2.75) is 19.4 Å². The summed E-state index contributed by atoms with van der Waals surface area (Å²) in [7, 11) is 3.49. The lowest BCUT2D eigenvalue weighted by atomic mass is 10.2. The van der Waals surface area contributed by atoms with Crippen LogP contribution in [0.1, 0.15) is 11.4 Å². The zero-order valence-electron chi connectivity index (χ0n) is 10.4. The van der Waals surface area contributed by atoms with Crippen molar-refractivity contribution in [1.82, 2.24) is 9.78 Å². The third kappa shape index (κ3) is 4.39. The van der Waals surface area contributed by atoms with Crippen LogP contribution >= 0.6 is 15.9 Å². The lowest BCUT2D eigenvalue weighted by Gasteiger charge is -2.11. The first-order valence-corrected chi connectivity index (χ1v) is 6.28. The van der Waals surface area contributed by atoms with E-state index in [-0.39, 0.29) is 0 Å². The Bertz CT molecular complexity index is 355. The summed E-state index contributed by atoms with van der Waals surface area (Å²) in [5, 5.41) is 14.1. The van der Waals surface area contributed by atoms with E-state index in [1.54, 1.807) is 11.8 Å². The van der Waals surface area contributed by atoms with Gasteiger partial charge in [0, 0.05) is 20.6 Å². The summed E-state index contributed by atoms with van der Waals surface area (Å²) in [6.07, 6.45) is -0.0109. The number of aryl methyl sites for hydroxylation is 2. The van der Waals surface area contributed by atoms with E-state index in [0.717, 1.165) is 15.9 Å². The van der Waals surface area contributed by atoms with Crippen LogP contribution in [0.2, 0.25) is 0 Å². The van der Waals surface area contributed by atoms with Crippen molar-refractivity contribution >= 4 is 15.9 Å². The van der Waals surface area contributed by atoms with Crippen LogP contribution in [0.25, 0.3) is 0 Å². The summed E-state index contributed by atoms with van der Waals surface area (Å²) in [6, 6.07) is 0. The fraction of sp³-hybridized carbons (Fsp3) is 0.727. The van der Waals surface area contributed by atoms with Crippen LogP contribution in [0.3, 0.4) is 0 Å². The molecule has 1 atom stereocenters. The number of halogens is 1. The van der Waals surface area contributed by atoms with Crippen molar-refractivity contribution in [3.8, 4) is 0 Å². The van der Waals surface area contributed by atoms with Crippen LogP contribution in [0, 0.1) is 6.92 Å². The monoisotopic (exact) mass is 306 g/mol. The maximum absolute atomic E-state index is 9.83. The number of aliphatic hydroxyl groups excluding tert-OH is 1. The van der Waals surface area contributed by atoms with Crippen LogP contribution in [0.15, 0.2) is 4.47 Å². The third-order valence-electron chi connectivity index (χ3n) is 2.43. The van der Waals surface area contributed by atoms with Gasteiger partial charge in [-0.2, -0.15) is 5.10 Å².